The molecule has 3 aromatic heterocycles. The highest BCUT2D eigenvalue weighted by atomic mass is 32.1. The Morgan fingerprint density at radius 1 is 0.970 bits per heavy atom. The number of aryl methyl sites for hydroxylation is 1. The van der Waals surface area contributed by atoms with Crippen LogP contribution >= 0.6 is 11.3 Å². The second kappa shape index (κ2) is 8.75. The van der Waals surface area contributed by atoms with E-state index >= 15 is 0 Å². The quantitative estimate of drug-likeness (QED) is 0.341. The zero-order valence-electron chi connectivity index (χ0n) is 17.5. The van der Waals surface area contributed by atoms with Gasteiger partial charge in [0.25, 0.3) is 5.56 Å². The first kappa shape index (κ1) is 20.7. The normalized spacial score (nSPS) is 11.1. The molecule has 0 fully saturated rings. The molecule has 0 amide bonds. The number of carbonyl (C=O) groups excluding carboxylic acids is 1. The molecular weight excluding hydrogens is 444 g/mol. The molecule has 0 radical (unpaired) electrons. The minimum atomic E-state index is -0.553. The molecule has 0 unspecified atom stereocenters. The van der Waals surface area contributed by atoms with Gasteiger partial charge in [0, 0.05) is 7.05 Å². The fourth-order valence-electron chi connectivity index (χ4n) is 3.30. The van der Waals surface area contributed by atoms with E-state index in [4.69, 9.17) is 14.2 Å². The van der Waals surface area contributed by atoms with Crippen molar-refractivity contribution in [1.29, 1.82) is 0 Å². The van der Waals surface area contributed by atoms with E-state index < -0.39 is 5.97 Å². The molecule has 9 nitrogen and oxygen atoms in total. The number of thiophene rings is 1. The van der Waals surface area contributed by atoms with Crippen LogP contribution in [0.5, 0.6) is 17.2 Å². The number of nitrogens with zero attached hydrogens (tertiary/aromatic N) is 4. The minimum absolute atomic E-state index is 0.101. The number of fused-ring (bicyclic) bond motifs is 3. The van der Waals surface area contributed by atoms with Crippen LogP contribution in [0.25, 0.3) is 16.0 Å². The van der Waals surface area contributed by atoms with Crippen molar-refractivity contribution in [2.75, 3.05) is 6.61 Å². The summed E-state index contributed by atoms with van der Waals surface area (Å²) in [5, 5.41) is 9.98. The topological polar surface area (TPSA) is 97.0 Å². The molecule has 0 saturated carbocycles. The summed E-state index contributed by atoms with van der Waals surface area (Å²) in [6.07, 6.45) is 0. The van der Waals surface area contributed by atoms with Crippen molar-refractivity contribution in [2.45, 2.75) is 6.61 Å². The zero-order valence-corrected chi connectivity index (χ0v) is 18.3. The molecule has 5 rings (SSSR count). The average Bonchev–Trinajstić information content (AvgIpc) is 3.49. The Hall–Kier alpha value is -4.18. The Bertz CT molecular complexity index is 1490. The third-order valence-corrected chi connectivity index (χ3v) is 5.81. The highest BCUT2D eigenvalue weighted by Gasteiger charge is 2.17. The smallest absolute Gasteiger partial charge is 0.344 e. The van der Waals surface area contributed by atoms with Crippen LogP contribution in [0.1, 0.15) is 5.82 Å². The summed E-state index contributed by atoms with van der Waals surface area (Å²) < 4.78 is 20.3. The summed E-state index contributed by atoms with van der Waals surface area (Å²) in [6, 6.07) is 18.2. The van der Waals surface area contributed by atoms with E-state index in [0.29, 0.717) is 33.3 Å². The van der Waals surface area contributed by atoms with Gasteiger partial charge in [0.15, 0.2) is 19.0 Å². The van der Waals surface area contributed by atoms with Crippen LogP contribution in [0.2, 0.25) is 0 Å². The molecule has 0 saturated heterocycles. The van der Waals surface area contributed by atoms with Gasteiger partial charge in [0.05, 0.1) is 5.52 Å². The van der Waals surface area contributed by atoms with Crippen LogP contribution in [0.15, 0.2) is 70.8 Å². The van der Waals surface area contributed by atoms with E-state index in [1.807, 2.05) is 41.8 Å². The molecule has 0 aliphatic rings. The summed E-state index contributed by atoms with van der Waals surface area (Å²) in [5.41, 5.74) is 0.542. The van der Waals surface area contributed by atoms with Gasteiger partial charge in [0.2, 0.25) is 5.78 Å². The largest absolute Gasteiger partial charge is 0.482 e. The molecule has 3 heterocycles. The summed E-state index contributed by atoms with van der Waals surface area (Å²) in [5.74, 6) is 2.14. The van der Waals surface area contributed by atoms with E-state index in [1.54, 1.807) is 35.7 Å². The SMILES string of the molecule is Cn1c(=O)c2sccc2n2c(COC(=O)COc3ccc(Oc4ccccc4)cc3)nnc12. The number of hydrogen-bond acceptors (Lipinski definition) is 8. The first-order valence-electron chi connectivity index (χ1n) is 10.0. The molecule has 5 aromatic rings. The van der Waals surface area contributed by atoms with Crippen molar-refractivity contribution in [3.63, 3.8) is 0 Å². The molecule has 33 heavy (non-hydrogen) atoms. The van der Waals surface area contributed by atoms with E-state index in [2.05, 4.69) is 10.2 Å². The molecule has 0 N–H and O–H groups in total. The first-order valence-corrected chi connectivity index (χ1v) is 10.9. The first-order chi connectivity index (χ1) is 16.1. The second-order valence-corrected chi connectivity index (χ2v) is 8.00. The number of carbonyl (C=O) groups is 1. The second-order valence-electron chi connectivity index (χ2n) is 7.09. The molecule has 0 aliphatic carbocycles. The van der Waals surface area contributed by atoms with Crippen LogP contribution in [0.4, 0.5) is 0 Å². The van der Waals surface area contributed by atoms with Crippen molar-refractivity contribution < 1.29 is 19.0 Å². The predicted molar refractivity (Wildman–Crippen MR) is 122 cm³/mol. The maximum Gasteiger partial charge on any atom is 0.344 e. The Morgan fingerprint density at radius 3 is 2.48 bits per heavy atom. The molecule has 0 aliphatic heterocycles. The maximum absolute atomic E-state index is 12.4. The average molecular weight is 462 g/mol. The minimum Gasteiger partial charge on any atom is -0.482 e. The van der Waals surface area contributed by atoms with Crippen molar-refractivity contribution >= 4 is 33.3 Å². The van der Waals surface area contributed by atoms with Crippen molar-refractivity contribution in [2.24, 2.45) is 7.05 Å². The van der Waals surface area contributed by atoms with Gasteiger partial charge in [-0.3, -0.25) is 13.8 Å². The van der Waals surface area contributed by atoms with Crippen LogP contribution < -0.4 is 15.0 Å². The van der Waals surface area contributed by atoms with Gasteiger partial charge in [-0.15, -0.1) is 21.5 Å². The van der Waals surface area contributed by atoms with Crippen molar-refractivity contribution in [3.8, 4) is 17.2 Å². The Morgan fingerprint density at radius 2 is 1.70 bits per heavy atom. The monoisotopic (exact) mass is 462 g/mol. The summed E-state index contributed by atoms with van der Waals surface area (Å²) >= 11 is 1.34. The maximum atomic E-state index is 12.4. The van der Waals surface area contributed by atoms with Gasteiger partial charge in [0.1, 0.15) is 21.9 Å². The van der Waals surface area contributed by atoms with E-state index in [-0.39, 0.29) is 18.8 Å². The van der Waals surface area contributed by atoms with E-state index in [9.17, 15) is 9.59 Å². The summed E-state index contributed by atoms with van der Waals surface area (Å²) in [4.78, 5) is 24.6. The molecule has 10 heteroatoms. The summed E-state index contributed by atoms with van der Waals surface area (Å²) in [6.45, 7) is -0.363. The lowest BCUT2D eigenvalue weighted by Crippen LogP contribution is -2.20. The Labute approximate surface area is 191 Å². The lowest BCUT2D eigenvalue weighted by atomic mass is 10.3. The van der Waals surface area contributed by atoms with Gasteiger partial charge in [-0.05, 0) is 47.8 Å². The van der Waals surface area contributed by atoms with Crippen LogP contribution in [-0.4, -0.2) is 31.7 Å². The van der Waals surface area contributed by atoms with Gasteiger partial charge in [-0.2, -0.15) is 0 Å². The fourth-order valence-corrected chi connectivity index (χ4v) is 4.15. The van der Waals surface area contributed by atoms with Gasteiger partial charge < -0.3 is 14.2 Å². The Balaban J connectivity index is 1.20. The third-order valence-electron chi connectivity index (χ3n) is 4.92. The molecular formula is C23H18N4O5S. The van der Waals surface area contributed by atoms with Gasteiger partial charge in [-0.1, -0.05) is 18.2 Å². The van der Waals surface area contributed by atoms with Gasteiger partial charge in [-0.25, -0.2) is 4.79 Å². The van der Waals surface area contributed by atoms with Crippen LogP contribution in [0, 0.1) is 0 Å². The lowest BCUT2D eigenvalue weighted by Gasteiger charge is -2.09. The highest BCUT2D eigenvalue weighted by molar-refractivity contribution is 7.17. The third kappa shape index (κ3) is 4.15. The van der Waals surface area contributed by atoms with Crippen LogP contribution in [0.3, 0.4) is 0 Å². The molecule has 166 valence electrons. The zero-order chi connectivity index (χ0) is 22.8. The number of hydrogen-bond donors (Lipinski definition) is 0. The number of para-hydroxylation sites is 1. The number of esters is 1. The number of benzene rings is 2. The number of rotatable bonds is 7. The molecule has 0 spiro atoms. The number of ether oxygens (including phenoxy) is 3. The van der Waals surface area contributed by atoms with Gasteiger partial charge >= 0.3 is 5.97 Å². The Kier molecular flexibility index (Phi) is 5.49. The predicted octanol–water partition coefficient (Wildman–Crippen LogP) is 3.56. The van der Waals surface area contributed by atoms with E-state index in [0.717, 1.165) is 5.75 Å². The number of aromatic nitrogens is 4. The lowest BCUT2D eigenvalue weighted by molar-refractivity contribution is -0.147. The summed E-state index contributed by atoms with van der Waals surface area (Å²) in [7, 11) is 1.63. The van der Waals surface area contributed by atoms with Crippen molar-refractivity contribution in [1.82, 2.24) is 19.2 Å². The highest BCUT2D eigenvalue weighted by Crippen LogP contribution is 2.23. The van der Waals surface area contributed by atoms with Crippen molar-refractivity contribution in [3.05, 3.63) is 82.2 Å². The van der Waals surface area contributed by atoms with E-state index in [1.165, 1.54) is 15.9 Å². The standard InChI is InChI=1S/C23H18N4O5S/c1-26-22(29)21-18(11-12-33-21)27-19(24-25-23(26)27)13-31-20(28)14-30-15-7-9-17(10-8-15)32-16-5-3-2-4-6-16/h2-12H,13-14H2,1H3. The molecule has 0 bridgehead atoms. The molecule has 2 aromatic carbocycles. The molecule has 0 atom stereocenters. The fraction of sp³-hybridized carbons (Fsp3) is 0.130. The van der Waals surface area contributed by atoms with Crippen LogP contribution in [-0.2, 0) is 23.2 Å².